The largest absolute Gasteiger partial charge is 0.452 e. The van der Waals surface area contributed by atoms with Gasteiger partial charge in [-0.15, -0.1) is 17.8 Å². The lowest BCUT2D eigenvalue weighted by molar-refractivity contribution is -0.123. The number of ether oxygens (including phenoxy) is 1. The van der Waals surface area contributed by atoms with Crippen molar-refractivity contribution in [3.05, 3.63) is 65.2 Å². The van der Waals surface area contributed by atoms with Crippen LogP contribution in [0.5, 0.6) is 0 Å². The van der Waals surface area contributed by atoms with E-state index in [1.807, 2.05) is 47.8 Å². The van der Waals surface area contributed by atoms with Crippen LogP contribution < -0.4 is 5.32 Å². The molecule has 0 aliphatic heterocycles. The monoisotopic (exact) mass is 379 g/mol. The van der Waals surface area contributed by atoms with Crippen LogP contribution in [0.15, 0.2) is 54.0 Å². The number of aromatic nitrogens is 2. The van der Waals surface area contributed by atoms with E-state index in [9.17, 15) is 9.59 Å². The lowest BCUT2D eigenvalue weighted by Gasteiger charge is -2.04. The molecular weight excluding hydrogens is 362 g/mol. The van der Waals surface area contributed by atoms with Crippen LogP contribution in [0, 0.1) is 12.3 Å². The lowest BCUT2D eigenvalue weighted by Crippen LogP contribution is -2.29. The SMILES string of the molecule is C#CCNC(=O)COC(=O)c1cn(Cc2ccccc2)nc1-c1cccs1. The maximum absolute atomic E-state index is 12.5. The summed E-state index contributed by atoms with van der Waals surface area (Å²) in [6, 6.07) is 13.6. The predicted molar refractivity (Wildman–Crippen MR) is 103 cm³/mol. The molecule has 0 saturated carbocycles. The van der Waals surface area contributed by atoms with Gasteiger partial charge in [-0.3, -0.25) is 9.48 Å². The summed E-state index contributed by atoms with van der Waals surface area (Å²) >= 11 is 1.48. The third-order valence-corrected chi connectivity index (χ3v) is 4.52. The second kappa shape index (κ2) is 8.83. The van der Waals surface area contributed by atoms with E-state index in [0.29, 0.717) is 17.8 Å². The fraction of sp³-hybridized carbons (Fsp3) is 0.150. The van der Waals surface area contributed by atoms with E-state index in [4.69, 9.17) is 11.2 Å². The van der Waals surface area contributed by atoms with Crippen molar-refractivity contribution in [3.8, 4) is 22.9 Å². The molecule has 0 saturated heterocycles. The number of carbonyl (C=O) groups is 2. The van der Waals surface area contributed by atoms with Gasteiger partial charge in [0, 0.05) is 6.20 Å². The van der Waals surface area contributed by atoms with Gasteiger partial charge in [0.05, 0.1) is 18.0 Å². The number of nitrogens with one attached hydrogen (secondary N) is 1. The number of thiophene rings is 1. The first-order chi connectivity index (χ1) is 13.2. The molecule has 1 amide bonds. The van der Waals surface area contributed by atoms with Gasteiger partial charge in [0.2, 0.25) is 0 Å². The molecule has 0 atom stereocenters. The number of esters is 1. The summed E-state index contributed by atoms with van der Waals surface area (Å²) in [5.74, 6) is 1.24. The number of hydrogen-bond donors (Lipinski definition) is 1. The standard InChI is InChI=1S/C20H17N3O3S/c1-2-10-21-18(24)14-26-20(25)16-13-23(12-15-7-4-3-5-8-15)22-19(16)17-9-6-11-27-17/h1,3-9,11,13H,10,12,14H2,(H,21,24). The number of nitrogens with zero attached hydrogens (tertiary/aromatic N) is 2. The molecule has 0 aliphatic carbocycles. The number of benzene rings is 1. The van der Waals surface area contributed by atoms with Crippen LogP contribution in [0.1, 0.15) is 15.9 Å². The van der Waals surface area contributed by atoms with E-state index < -0.39 is 18.5 Å². The van der Waals surface area contributed by atoms with Crippen molar-refractivity contribution in [2.24, 2.45) is 0 Å². The third-order valence-electron chi connectivity index (χ3n) is 3.65. The van der Waals surface area contributed by atoms with Crippen LogP contribution in [-0.4, -0.2) is 34.8 Å². The van der Waals surface area contributed by atoms with E-state index in [0.717, 1.165) is 10.4 Å². The molecule has 0 aliphatic rings. The summed E-state index contributed by atoms with van der Waals surface area (Å²) in [6.07, 6.45) is 6.72. The topological polar surface area (TPSA) is 73.2 Å². The molecule has 0 fully saturated rings. The molecule has 3 rings (SSSR count). The number of carbonyl (C=O) groups excluding carboxylic acids is 2. The zero-order valence-corrected chi connectivity index (χ0v) is 15.2. The molecule has 0 unspecified atom stereocenters. The fourth-order valence-electron chi connectivity index (χ4n) is 2.43. The Labute approximate surface area is 160 Å². The van der Waals surface area contributed by atoms with Crippen LogP contribution >= 0.6 is 11.3 Å². The number of rotatable bonds is 7. The van der Waals surface area contributed by atoms with Crippen LogP contribution in [-0.2, 0) is 16.1 Å². The molecule has 2 aromatic heterocycles. The van der Waals surface area contributed by atoms with E-state index in [1.54, 1.807) is 10.9 Å². The summed E-state index contributed by atoms with van der Waals surface area (Å²) < 4.78 is 6.81. The molecule has 3 aromatic rings. The summed E-state index contributed by atoms with van der Waals surface area (Å²) in [5, 5.41) is 8.90. The van der Waals surface area contributed by atoms with Gasteiger partial charge in [-0.2, -0.15) is 5.10 Å². The van der Waals surface area contributed by atoms with Crippen LogP contribution in [0.3, 0.4) is 0 Å². The molecule has 2 heterocycles. The first kappa shape index (κ1) is 18.4. The Balaban J connectivity index is 1.79. The number of terminal acetylenes is 1. The van der Waals surface area contributed by atoms with Crippen LogP contribution in [0.4, 0.5) is 0 Å². The molecule has 1 aromatic carbocycles. The highest BCUT2D eigenvalue weighted by Gasteiger charge is 2.21. The highest BCUT2D eigenvalue weighted by molar-refractivity contribution is 7.13. The maximum atomic E-state index is 12.5. The summed E-state index contributed by atoms with van der Waals surface area (Å²) in [5.41, 5.74) is 1.92. The number of hydrogen-bond acceptors (Lipinski definition) is 5. The van der Waals surface area contributed by atoms with Crippen LogP contribution in [0.2, 0.25) is 0 Å². The fourth-order valence-corrected chi connectivity index (χ4v) is 3.15. The first-order valence-electron chi connectivity index (χ1n) is 8.20. The van der Waals surface area contributed by atoms with Gasteiger partial charge in [0.15, 0.2) is 6.61 Å². The maximum Gasteiger partial charge on any atom is 0.342 e. The minimum absolute atomic E-state index is 0.0891. The Morgan fingerprint density at radius 3 is 2.74 bits per heavy atom. The molecule has 6 nitrogen and oxygen atoms in total. The van der Waals surface area contributed by atoms with Crippen molar-refractivity contribution in [2.75, 3.05) is 13.2 Å². The van der Waals surface area contributed by atoms with Crippen molar-refractivity contribution in [3.63, 3.8) is 0 Å². The smallest absolute Gasteiger partial charge is 0.342 e. The van der Waals surface area contributed by atoms with Gasteiger partial charge in [0.25, 0.3) is 5.91 Å². The molecule has 0 radical (unpaired) electrons. The Morgan fingerprint density at radius 2 is 2.04 bits per heavy atom. The van der Waals surface area contributed by atoms with Crippen LogP contribution in [0.25, 0.3) is 10.6 Å². The molecule has 1 N–H and O–H groups in total. The van der Waals surface area contributed by atoms with Crippen molar-refractivity contribution in [1.82, 2.24) is 15.1 Å². The van der Waals surface area contributed by atoms with Gasteiger partial charge in [-0.25, -0.2) is 4.79 Å². The highest BCUT2D eigenvalue weighted by atomic mass is 32.1. The molecule has 0 spiro atoms. The van der Waals surface area contributed by atoms with Gasteiger partial charge in [-0.05, 0) is 17.0 Å². The second-order valence-corrected chi connectivity index (χ2v) is 6.56. The van der Waals surface area contributed by atoms with Gasteiger partial charge >= 0.3 is 5.97 Å². The molecule has 0 bridgehead atoms. The second-order valence-electron chi connectivity index (χ2n) is 5.61. The molecule has 136 valence electrons. The lowest BCUT2D eigenvalue weighted by atomic mass is 10.2. The Hall–Kier alpha value is -3.37. The summed E-state index contributed by atoms with van der Waals surface area (Å²) in [7, 11) is 0. The third kappa shape index (κ3) is 4.84. The molecular formula is C20H17N3O3S. The highest BCUT2D eigenvalue weighted by Crippen LogP contribution is 2.27. The van der Waals surface area contributed by atoms with Crippen molar-refractivity contribution < 1.29 is 14.3 Å². The zero-order chi connectivity index (χ0) is 19.1. The normalized spacial score (nSPS) is 10.2. The zero-order valence-electron chi connectivity index (χ0n) is 14.4. The summed E-state index contributed by atoms with van der Waals surface area (Å²) in [4.78, 5) is 25.0. The summed E-state index contributed by atoms with van der Waals surface area (Å²) in [6.45, 7) is 0.218. The van der Waals surface area contributed by atoms with Crippen molar-refractivity contribution >= 4 is 23.2 Å². The predicted octanol–water partition coefficient (Wildman–Crippen LogP) is 2.57. The van der Waals surface area contributed by atoms with Gasteiger partial charge in [0.1, 0.15) is 11.3 Å². The van der Waals surface area contributed by atoms with Crippen molar-refractivity contribution in [2.45, 2.75) is 6.54 Å². The Bertz CT molecular complexity index is 956. The van der Waals surface area contributed by atoms with Crippen molar-refractivity contribution in [1.29, 1.82) is 0 Å². The molecule has 7 heteroatoms. The quantitative estimate of drug-likeness (QED) is 0.506. The average molecular weight is 379 g/mol. The van der Waals surface area contributed by atoms with Gasteiger partial charge in [-0.1, -0.05) is 42.3 Å². The Morgan fingerprint density at radius 1 is 1.22 bits per heavy atom. The average Bonchev–Trinajstić information content (AvgIpc) is 3.35. The first-order valence-corrected chi connectivity index (χ1v) is 9.08. The van der Waals surface area contributed by atoms with E-state index in [-0.39, 0.29) is 6.54 Å². The minimum Gasteiger partial charge on any atom is -0.452 e. The number of amides is 1. The van der Waals surface area contributed by atoms with E-state index in [2.05, 4.69) is 16.3 Å². The van der Waals surface area contributed by atoms with Gasteiger partial charge < -0.3 is 10.1 Å². The minimum atomic E-state index is -0.603. The molecule has 27 heavy (non-hydrogen) atoms. The van der Waals surface area contributed by atoms with E-state index in [1.165, 1.54) is 11.3 Å². The van der Waals surface area contributed by atoms with E-state index >= 15 is 0 Å². The Kier molecular flexibility index (Phi) is 6.02.